The molecule has 0 aromatic heterocycles. The number of rotatable bonds is 8. The van der Waals surface area contributed by atoms with E-state index in [1.807, 2.05) is 0 Å². The lowest BCUT2D eigenvalue weighted by molar-refractivity contribution is -0.151. The van der Waals surface area contributed by atoms with E-state index in [1.54, 1.807) is 0 Å². The number of amides is 1. The number of sulfonamides is 1. The van der Waals surface area contributed by atoms with Crippen molar-refractivity contribution in [2.24, 2.45) is 5.41 Å². The first-order valence-electron chi connectivity index (χ1n) is 6.70. The van der Waals surface area contributed by atoms with Crippen LogP contribution in [0.3, 0.4) is 0 Å². The van der Waals surface area contributed by atoms with E-state index in [0.717, 1.165) is 19.1 Å². The van der Waals surface area contributed by atoms with Crippen LogP contribution in [0.25, 0.3) is 0 Å². The smallest absolute Gasteiger partial charge is 0.310 e. The summed E-state index contributed by atoms with van der Waals surface area (Å²) >= 11 is 0. The van der Waals surface area contributed by atoms with Gasteiger partial charge in [0.15, 0.2) is 0 Å². The average molecular weight is 306 g/mol. The van der Waals surface area contributed by atoms with Crippen LogP contribution in [0.2, 0.25) is 0 Å². The Morgan fingerprint density at radius 3 is 2.30 bits per heavy atom. The minimum absolute atomic E-state index is 0.00182. The lowest BCUT2D eigenvalue weighted by Crippen LogP contribution is -2.36. The van der Waals surface area contributed by atoms with Crippen molar-refractivity contribution in [1.29, 1.82) is 0 Å². The standard InChI is InChI=1S/C12H22N2O5S/c1-20(18,19)14-8-4-7-13-10(15)9-12(11(16)17)5-2-3-6-12/h14H,2-9H2,1H3,(H,13,15)(H,16,17). The topological polar surface area (TPSA) is 113 Å². The van der Waals surface area contributed by atoms with Crippen molar-refractivity contribution in [2.45, 2.75) is 38.5 Å². The van der Waals surface area contributed by atoms with Gasteiger partial charge < -0.3 is 10.4 Å². The molecule has 1 rings (SSSR count). The number of carboxylic acid groups (broad SMARTS) is 1. The highest BCUT2D eigenvalue weighted by Gasteiger charge is 2.42. The Kier molecular flexibility index (Phi) is 5.94. The Morgan fingerprint density at radius 2 is 1.80 bits per heavy atom. The van der Waals surface area contributed by atoms with Crippen LogP contribution in [0.5, 0.6) is 0 Å². The van der Waals surface area contributed by atoms with Gasteiger partial charge in [-0.3, -0.25) is 9.59 Å². The summed E-state index contributed by atoms with van der Waals surface area (Å²) in [6, 6.07) is 0. The number of hydrogen-bond acceptors (Lipinski definition) is 4. The number of hydrogen-bond donors (Lipinski definition) is 3. The molecule has 0 bridgehead atoms. The van der Waals surface area contributed by atoms with Gasteiger partial charge in [-0.2, -0.15) is 0 Å². The number of carboxylic acids is 1. The largest absolute Gasteiger partial charge is 0.481 e. The molecule has 3 N–H and O–H groups in total. The molecule has 7 nitrogen and oxygen atoms in total. The van der Waals surface area contributed by atoms with Crippen molar-refractivity contribution in [3.05, 3.63) is 0 Å². The molecule has 1 saturated carbocycles. The maximum atomic E-state index is 11.8. The fourth-order valence-corrected chi connectivity index (χ4v) is 2.98. The third kappa shape index (κ3) is 5.46. The minimum Gasteiger partial charge on any atom is -0.481 e. The van der Waals surface area contributed by atoms with Crippen LogP contribution in [0.1, 0.15) is 38.5 Å². The first-order chi connectivity index (χ1) is 9.25. The molecule has 0 aromatic carbocycles. The third-order valence-electron chi connectivity index (χ3n) is 3.55. The molecule has 1 fully saturated rings. The van der Waals surface area contributed by atoms with Gasteiger partial charge in [0.25, 0.3) is 0 Å². The molecule has 1 aliphatic carbocycles. The lowest BCUT2D eigenvalue weighted by atomic mass is 9.82. The molecule has 0 spiro atoms. The summed E-state index contributed by atoms with van der Waals surface area (Å²) in [7, 11) is -3.20. The van der Waals surface area contributed by atoms with Crippen LogP contribution >= 0.6 is 0 Å². The summed E-state index contributed by atoms with van der Waals surface area (Å²) < 4.78 is 23.9. The fraction of sp³-hybridized carbons (Fsp3) is 0.833. The van der Waals surface area contributed by atoms with Crippen molar-refractivity contribution in [3.8, 4) is 0 Å². The lowest BCUT2D eigenvalue weighted by Gasteiger charge is -2.22. The van der Waals surface area contributed by atoms with Crippen molar-refractivity contribution in [1.82, 2.24) is 10.0 Å². The van der Waals surface area contributed by atoms with E-state index in [1.165, 1.54) is 0 Å². The first kappa shape index (κ1) is 16.9. The molecule has 116 valence electrons. The summed E-state index contributed by atoms with van der Waals surface area (Å²) in [5.74, 6) is -1.18. The van der Waals surface area contributed by atoms with Crippen molar-refractivity contribution in [2.75, 3.05) is 19.3 Å². The summed E-state index contributed by atoms with van der Waals surface area (Å²) in [5, 5.41) is 11.9. The van der Waals surface area contributed by atoms with Crippen molar-refractivity contribution >= 4 is 21.9 Å². The molecule has 0 atom stereocenters. The van der Waals surface area contributed by atoms with E-state index in [2.05, 4.69) is 10.0 Å². The maximum Gasteiger partial charge on any atom is 0.310 e. The predicted octanol–water partition coefficient (Wildman–Crippen LogP) is 0.0770. The van der Waals surface area contributed by atoms with Gasteiger partial charge in [0, 0.05) is 19.5 Å². The second-order valence-corrected chi connectivity index (χ2v) is 7.17. The third-order valence-corrected chi connectivity index (χ3v) is 4.28. The van der Waals surface area contributed by atoms with Crippen LogP contribution in [-0.2, 0) is 19.6 Å². The van der Waals surface area contributed by atoms with E-state index >= 15 is 0 Å². The SMILES string of the molecule is CS(=O)(=O)NCCCNC(=O)CC1(C(=O)O)CCCC1. The quantitative estimate of drug-likeness (QED) is 0.550. The van der Waals surface area contributed by atoms with E-state index in [0.29, 0.717) is 25.8 Å². The first-order valence-corrected chi connectivity index (χ1v) is 8.59. The second kappa shape index (κ2) is 7.03. The number of carbonyl (C=O) groups excluding carboxylic acids is 1. The molecule has 0 heterocycles. The zero-order valence-corrected chi connectivity index (χ0v) is 12.5. The summed E-state index contributed by atoms with van der Waals surface area (Å²) in [4.78, 5) is 23.0. The van der Waals surface area contributed by atoms with Gasteiger partial charge in [0.1, 0.15) is 0 Å². The molecule has 8 heteroatoms. The Balaban J connectivity index is 2.28. The zero-order chi connectivity index (χ0) is 15.2. The fourth-order valence-electron chi connectivity index (χ4n) is 2.46. The second-order valence-electron chi connectivity index (χ2n) is 5.34. The van der Waals surface area contributed by atoms with Gasteiger partial charge in [-0.05, 0) is 19.3 Å². The van der Waals surface area contributed by atoms with Gasteiger partial charge >= 0.3 is 5.97 Å². The molecular formula is C12H22N2O5S. The number of aliphatic carboxylic acids is 1. The van der Waals surface area contributed by atoms with E-state index in [9.17, 15) is 23.1 Å². The molecule has 0 saturated heterocycles. The van der Waals surface area contributed by atoms with Crippen molar-refractivity contribution in [3.63, 3.8) is 0 Å². The monoisotopic (exact) mass is 306 g/mol. The highest BCUT2D eigenvalue weighted by atomic mass is 32.2. The van der Waals surface area contributed by atoms with Crippen molar-refractivity contribution < 1.29 is 23.1 Å². The molecular weight excluding hydrogens is 284 g/mol. The summed E-state index contributed by atoms with van der Waals surface area (Å²) in [6.07, 6.45) is 4.33. The molecule has 0 unspecified atom stereocenters. The molecule has 0 aliphatic heterocycles. The van der Waals surface area contributed by atoms with Gasteiger partial charge in [0.2, 0.25) is 15.9 Å². The Hall–Kier alpha value is -1.15. The van der Waals surface area contributed by atoms with E-state index in [4.69, 9.17) is 0 Å². The molecule has 20 heavy (non-hydrogen) atoms. The van der Waals surface area contributed by atoms with Crippen LogP contribution in [0.15, 0.2) is 0 Å². The molecule has 0 aromatic rings. The Morgan fingerprint density at radius 1 is 1.20 bits per heavy atom. The molecule has 1 amide bonds. The summed E-state index contributed by atoms with van der Waals surface area (Å²) in [6.45, 7) is 0.584. The van der Waals surface area contributed by atoms with E-state index < -0.39 is 21.4 Å². The Labute approximate surface area is 119 Å². The molecule has 1 aliphatic rings. The molecule has 0 radical (unpaired) electrons. The van der Waals surface area contributed by atoms with Gasteiger partial charge in [-0.15, -0.1) is 0 Å². The van der Waals surface area contributed by atoms with Crippen LogP contribution in [-0.4, -0.2) is 44.7 Å². The van der Waals surface area contributed by atoms with Crippen LogP contribution < -0.4 is 10.0 Å². The van der Waals surface area contributed by atoms with Gasteiger partial charge in [-0.25, -0.2) is 13.1 Å². The van der Waals surface area contributed by atoms with Crippen LogP contribution in [0, 0.1) is 5.41 Å². The number of carbonyl (C=O) groups is 2. The van der Waals surface area contributed by atoms with Crippen LogP contribution in [0.4, 0.5) is 0 Å². The Bertz CT molecular complexity index is 454. The maximum absolute atomic E-state index is 11.8. The number of nitrogens with one attached hydrogen (secondary N) is 2. The normalized spacial score (nSPS) is 17.9. The van der Waals surface area contributed by atoms with E-state index in [-0.39, 0.29) is 18.9 Å². The predicted molar refractivity (Wildman–Crippen MR) is 73.6 cm³/mol. The van der Waals surface area contributed by atoms with Gasteiger partial charge in [0.05, 0.1) is 11.7 Å². The highest BCUT2D eigenvalue weighted by molar-refractivity contribution is 7.88. The highest BCUT2D eigenvalue weighted by Crippen LogP contribution is 2.41. The average Bonchev–Trinajstić information content (AvgIpc) is 2.76. The summed E-state index contributed by atoms with van der Waals surface area (Å²) in [5.41, 5.74) is -0.908. The zero-order valence-electron chi connectivity index (χ0n) is 11.6. The minimum atomic E-state index is -3.20. The van der Waals surface area contributed by atoms with Gasteiger partial charge in [-0.1, -0.05) is 12.8 Å².